The van der Waals surface area contributed by atoms with Crippen molar-refractivity contribution in [3.8, 4) is 0 Å². The number of carbonyl (C=O) groups excluding carboxylic acids is 1. The average molecular weight is 425 g/mol. The van der Waals surface area contributed by atoms with Crippen LogP contribution in [0.2, 0.25) is 0 Å². The lowest BCUT2D eigenvalue weighted by molar-refractivity contribution is 0.0468. The van der Waals surface area contributed by atoms with Crippen LogP contribution >= 0.6 is 0 Å². The summed E-state index contributed by atoms with van der Waals surface area (Å²) in [6.07, 6.45) is 0.625. The van der Waals surface area contributed by atoms with Gasteiger partial charge in [0.1, 0.15) is 12.4 Å². The van der Waals surface area contributed by atoms with Gasteiger partial charge in [-0.15, -0.1) is 0 Å². The second-order valence-electron chi connectivity index (χ2n) is 7.18. The van der Waals surface area contributed by atoms with Gasteiger partial charge in [-0.2, -0.15) is 0 Å². The summed E-state index contributed by atoms with van der Waals surface area (Å²) in [4.78, 5) is 12.4. The van der Waals surface area contributed by atoms with Gasteiger partial charge < -0.3 is 4.74 Å². The highest BCUT2D eigenvalue weighted by molar-refractivity contribution is 7.92. The molecule has 0 radical (unpaired) electrons. The molecule has 0 spiro atoms. The second-order valence-corrected chi connectivity index (χ2v) is 8.99. The van der Waals surface area contributed by atoms with E-state index in [1.165, 1.54) is 40.7 Å². The minimum atomic E-state index is -3.87. The lowest BCUT2D eigenvalue weighted by Gasteiger charge is -2.24. The number of esters is 1. The average Bonchev–Trinajstić information content (AvgIpc) is 3.09. The molecule has 0 amide bonds. The van der Waals surface area contributed by atoms with Crippen LogP contribution in [-0.2, 0) is 27.8 Å². The molecule has 1 heterocycles. The van der Waals surface area contributed by atoms with Crippen molar-refractivity contribution < 1.29 is 22.3 Å². The fourth-order valence-corrected chi connectivity index (χ4v) is 5.38. The first-order valence-corrected chi connectivity index (χ1v) is 10.9. The maximum Gasteiger partial charge on any atom is 0.338 e. The summed E-state index contributed by atoms with van der Waals surface area (Å²) in [6.45, 7) is 1.61. The minimum absolute atomic E-state index is 0.00592. The topological polar surface area (TPSA) is 63.7 Å². The zero-order valence-electron chi connectivity index (χ0n) is 16.3. The molecule has 1 atom stereocenters. The summed E-state index contributed by atoms with van der Waals surface area (Å²) in [5, 5.41) is 0. The molecule has 0 aliphatic carbocycles. The number of ether oxygens (including phenoxy) is 1. The van der Waals surface area contributed by atoms with Crippen molar-refractivity contribution >= 4 is 21.7 Å². The predicted octanol–water partition coefficient (Wildman–Crippen LogP) is 4.32. The molecule has 30 heavy (non-hydrogen) atoms. The Morgan fingerprint density at radius 3 is 2.60 bits per heavy atom. The molecule has 0 saturated heterocycles. The van der Waals surface area contributed by atoms with E-state index < -0.39 is 21.8 Å². The number of para-hydroxylation sites is 1. The van der Waals surface area contributed by atoms with Gasteiger partial charge in [0.15, 0.2) is 0 Å². The molecule has 1 aliphatic rings. The van der Waals surface area contributed by atoms with Crippen molar-refractivity contribution in [2.24, 2.45) is 0 Å². The Morgan fingerprint density at radius 1 is 1.07 bits per heavy atom. The number of halogens is 1. The van der Waals surface area contributed by atoms with Gasteiger partial charge in [-0.3, -0.25) is 4.31 Å². The number of hydrogen-bond acceptors (Lipinski definition) is 4. The number of sulfonamides is 1. The van der Waals surface area contributed by atoms with E-state index in [0.717, 1.165) is 5.56 Å². The Bertz CT molecular complexity index is 1210. The molecular weight excluding hydrogens is 405 g/mol. The molecule has 0 aromatic heterocycles. The summed E-state index contributed by atoms with van der Waals surface area (Å²) in [6, 6.07) is 18.9. The van der Waals surface area contributed by atoms with E-state index >= 15 is 0 Å². The van der Waals surface area contributed by atoms with Crippen LogP contribution < -0.4 is 4.31 Å². The van der Waals surface area contributed by atoms with Crippen molar-refractivity contribution in [1.29, 1.82) is 0 Å². The Morgan fingerprint density at radius 2 is 1.80 bits per heavy atom. The number of anilines is 1. The van der Waals surface area contributed by atoms with E-state index in [0.29, 0.717) is 12.1 Å². The molecule has 3 aromatic rings. The molecule has 154 valence electrons. The van der Waals surface area contributed by atoms with Crippen LogP contribution in [-0.4, -0.2) is 20.4 Å². The molecule has 0 fully saturated rings. The summed E-state index contributed by atoms with van der Waals surface area (Å²) >= 11 is 0. The molecule has 1 aliphatic heterocycles. The first-order chi connectivity index (χ1) is 14.4. The lowest BCUT2D eigenvalue weighted by atomic mass is 10.1. The molecule has 0 N–H and O–H groups in total. The van der Waals surface area contributed by atoms with Crippen molar-refractivity contribution in [2.45, 2.75) is 30.9 Å². The number of fused-ring (bicyclic) bond motifs is 1. The predicted molar refractivity (Wildman–Crippen MR) is 111 cm³/mol. The standard InChI is InChI=1S/C23H20FNO4S/c1-16-13-17-7-3-5-12-22(17)25(16)30(27,28)20-10-6-9-18(14-20)23(26)29-15-19-8-2-4-11-21(19)24/h2-12,14,16H,13,15H2,1H3/t16-/m1/s1. The van der Waals surface area contributed by atoms with E-state index in [2.05, 4.69) is 0 Å². The van der Waals surface area contributed by atoms with Crippen LogP contribution in [0.15, 0.2) is 77.7 Å². The fourth-order valence-electron chi connectivity index (χ4n) is 3.64. The maximum atomic E-state index is 13.7. The highest BCUT2D eigenvalue weighted by Crippen LogP contribution is 2.36. The molecule has 0 unspecified atom stereocenters. The normalized spacial score (nSPS) is 15.7. The summed E-state index contributed by atoms with van der Waals surface area (Å²) in [7, 11) is -3.87. The third kappa shape index (κ3) is 3.68. The van der Waals surface area contributed by atoms with Gasteiger partial charge in [0.05, 0.1) is 16.1 Å². The van der Waals surface area contributed by atoms with Crippen molar-refractivity contribution in [2.75, 3.05) is 4.31 Å². The Kier molecular flexibility index (Phi) is 5.30. The van der Waals surface area contributed by atoms with Gasteiger partial charge in [-0.1, -0.05) is 42.5 Å². The van der Waals surface area contributed by atoms with Crippen LogP contribution in [0.4, 0.5) is 10.1 Å². The van der Waals surface area contributed by atoms with Crippen LogP contribution in [0.25, 0.3) is 0 Å². The first-order valence-electron chi connectivity index (χ1n) is 9.51. The lowest BCUT2D eigenvalue weighted by Crippen LogP contribution is -2.35. The fraction of sp³-hybridized carbons (Fsp3) is 0.174. The number of rotatable bonds is 5. The highest BCUT2D eigenvalue weighted by Gasteiger charge is 2.36. The number of benzene rings is 3. The minimum Gasteiger partial charge on any atom is -0.457 e. The van der Waals surface area contributed by atoms with Crippen LogP contribution in [0.1, 0.15) is 28.4 Å². The molecule has 0 saturated carbocycles. The quantitative estimate of drug-likeness (QED) is 0.571. The van der Waals surface area contributed by atoms with E-state index in [4.69, 9.17) is 4.74 Å². The van der Waals surface area contributed by atoms with Gasteiger partial charge in [0.2, 0.25) is 0 Å². The van der Waals surface area contributed by atoms with Crippen molar-refractivity contribution in [1.82, 2.24) is 0 Å². The third-order valence-corrected chi connectivity index (χ3v) is 7.01. The van der Waals surface area contributed by atoms with E-state index in [1.54, 1.807) is 24.3 Å². The third-order valence-electron chi connectivity index (χ3n) is 5.09. The van der Waals surface area contributed by atoms with Gasteiger partial charge >= 0.3 is 5.97 Å². The van der Waals surface area contributed by atoms with Gasteiger partial charge in [-0.25, -0.2) is 17.6 Å². The van der Waals surface area contributed by atoms with Gasteiger partial charge in [-0.05, 0) is 49.2 Å². The number of hydrogen-bond donors (Lipinski definition) is 0. The Balaban J connectivity index is 1.58. The largest absolute Gasteiger partial charge is 0.457 e. The summed E-state index contributed by atoms with van der Waals surface area (Å²) < 4.78 is 47.0. The van der Waals surface area contributed by atoms with E-state index in [1.807, 2.05) is 19.1 Å². The van der Waals surface area contributed by atoms with Crippen LogP contribution in [0.3, 0.4) is 0 Å². The first kappa shape index (κ1) is 20.1. The van der Waals surface area contributed by atoms with Crippen LogP contribution in [0.5, 0.6) is 0 Å². The highest BCUT2D eigenvalue weighted by atomic mass is 32.2. The van der Waals surface area contributed by atoms with Crippen molar-refractivity contribution in [3.63, 3.8) is 0 Å². The van der Waals surface area contributed by atoms with E-state index in [-0.39, 0.29) is 28.7 Å². The Hall–Kier alpha value is -3.19. The van der Waals surface area contributed by atoms with Gasteiger partial charge in [0.25, 0.3) is 10.0 Å². The number of nitrogens with zero attached hydrogens (tertiary/aromatic N) is 1. The zero-order chi connectivity index (χ0) is 21.3. The molecule has 4 rings (SSSR count). The summed E-state index contributed by atoms with van der Waals surface area (Å²) in [5.41, 5.74) is 1.95. The maximum absolute atomic E-state index is 13.7. The SMILES string of the molecule is C[C@@H]1Cc2ccccc2N1S(=O)(=O)c1cccc(C(=O)OCc2ccccc2F)c1. The zero-order valence-corrected chi connectivity index (χ0v) is 17.1. The van der Waals surface area contributed by atoms with Crippen LogP contribution in [0, 0.1) is 5.82 Å². The number of carbonyl (C=O) groups is 1. The van der Waals surface area contributed by atoms with Gasteiger partial charge in [0, 0.05) is 11.6 Å². The summed E-state index contributed by atoms with van der Waals surface area (Å²) in [5.74, 6) is -1.19. The van der Waals surface area contributed by atoms with Crippen molar-refractivity contribution in [3.05, 3.63) is 95.3 Å². The second kappa shape index (κ2) is 7.91. The molecule has 3 aromatic carbocycles. The molecule has 5 nitrogen and oxygen atoms in total. The molecule has 0 bridgehead atoms. The smallest absolute Gasteiger partial charge is 0.338 e. The molecular formula is C23H20FNO4S. The Labute approximate surface area is 174 Å². The monoisotopic (exact) mass is 425 g/mol. The molecule has 7 heteroatoms. The van der Waals surface area contributed by atoms with E-state index in [9.17, 15) is 17.6 Å².